The molecule has 1 aromatic heterocycles. The Morgan fingerprint density at radius 1 is 1.24 bits per heavy atom. The fraction of sp³-hybridized carbons (Fsp3) is 0.562. The summed E-state index contributed by atoms with van der Waals surface area (Å²) >= 11 is 1.55. The van der Waals surface area contributed by atoms with Gasteiger partial charge in [-0.1, -0.05) is 17.4 Å². The summed E-state index contributed by atoms with van der Waals surface area (Å²) in [5, 5.41) is 0.635. The molecule has 1 fully saturated rings. The standard InChI is InChI=1S/C16H23N3OS/c1-15(2)9-19(10-16(3,4)20-15)8-11-5-6-12-13(7-11)21-14(17)18-12/h5-7H,8-10H2,1-4H3,(H2,17,18). The minimum absolute atomic E-state index is 0.110. The van der Waals surface area contributed by atoms with Gasteiger partial charge in [-0.2, -0.15) is 0 Å². The summed E-state index contributed by atoms with van der Waals surface area (Å²) in [5.41, 5.74) is 7.85. The van der Waals surface area contributed by atoms with Gasteiger partial charge in [0.15, 0.2) is 5.13 Å². The van der Waals surface area contributed by atoms with Crippen molar-refractivity contribution < 1.29 is 4.74 Å². The van der Waals surface area contributed by atoms with Crippen LogP contribution in [-0.4, -0.2) is 34.2 Å². The molecule has 114 valence electrons. The largest absolute Gasteiger partial charge is 0.375 e. The highest BCUT2D eigenvalue weighted by atomic mass is 32.1. The highest BCUT2D eigenvalue weighted by Crippen LogP contribution is 2.30. The van der Waals surface area contributed by atoms with Gasteiger partial charge < -0.3 is 10.5 Å². The van der Waals surface area contributed by atoms with E-state index in [0.29, 0.717) is 5.13 Å². The van der Waals surface area contributed by atoms with Crippen LogP contribution in [0.5, 0.6) is 0 Å². The molecule has 0 saturated carbocycles. The number of anilines is 1. The number of rotatable bonds is 2. The first-order valence-electron chi connectivity index (χ1n) is 7.30. The van der Waals surface area contributed by atoms with Crippen molar-refractivity contribution in [2.24, 2.45) is 0 Å². The fourth-order valence-corrected chi connectivity index (χ4v) is 4.20. The number of ether oxygens (including phenoxy) is 1. The van der Waals surface area contributed by atoms with Crippen molar-refractivity contribution in [1.82, 2.24) is 9.88 Å². The first kappa shape index (κ1) is 14.8. The Morgan fingerprint density at radius 3 is 2.57 bits per heavy atom. The van der Waals surface area contributed by atoms with E-state index < -0.39 is 0 Å². The number of aromatic nitrogens is 1. The quantitative estimate of drug-likeness (QED) is 0.925. The number of hydrogen-bond acceptors (Lipinski definition) is 5. The SMILES string of the molecule is CC1(C)CN(Cc2ccc3nc(N)sc3c2)CC(C)(C)O1. The number of hydrogen-bond donors (Lipinski definition) is 1. The Labute approximate surface area is 129 Å². The summed E-state index contributed by atoms with van der Waals surface area (Å²) in [6.45, 7) is 11.5. The van der Waals surface area contributed by atoms with Crippen LogP contribution in [0.4, 0.5) is 5.13 Å². The molecule has 0 atom stereocenters. The van der Waals surface area contributed by atoms with Gasteiger partial charge in [0.1, 0.15) is 0 Å². The van der Waals surface area contributed by atoms with E-state index in [1.165, 1.54) is 5.56 Å². The van der Waals surface area contributed by atoms with E-state index in [9.17, 15) is 0 Å². The molecule has 1 saturated heterocycles. The molecule has 4 nitrogen and oxygen atoms in total. The molecule has 1 aliphatic rings. The molecule has 2 aromatic rings. The van der Waals surface area contributed by atoms with E-state index in [2.05, 4.69) is 55.8 Å². The molecular formula is C16H23N3OS. The van der Waals surface area contributed by atoms with Gasteiger partial charge >= 0.3 is 0 Å². The Balaban J connectivity index is 1.80. The molecule has 2 heterocycles. The maximum Gasteiger partial charge on any atom is 0.181 e. The second-order valence-corrected chi connectivity index (χ2v) is 8.18. The summed E-state index contributed by atoms with van der Waals surface area (Å²) in [7, 11) is 0. The minimum atomic E-state index is -0.110. The minimum Gasteiger partial charge on any atom is -0.375 e. The van der Waals surface area contributed by atoms with Crippen molar-refractivity contribution in [3.63, 3.8) is 0 Å². The van der Waals surface area contributed by atoms with Crippen molar-refractivity contribution in [2.75, 3.05) is 18.8 Å². The summed E-state index contributed by atoms with van der Waals surface area (Å²) in [6, 6.07) is 6.42. The van der Waals surface area contributed by atoms with Gasteiger partial charge in [0.25, 0.3) is 0 Å². The van der Waals surface area contributed by atoms with Crippen LogP contribution in [-0.2, 0) is 11.3 Å². The van der Waals surface area contributed by atoms with Crippen molar-refractivity contribution in [1.29, 1.82) is 0 Å². The zero-order valence-corrected chi connectivity index (χ0v) is 14.0. The Kier molecular flexibility index (Phi) is 3.47. The lowest BCUT2D eigenvalue weighted by Crippen LogP contribution is -2.56. The summed E-state index contributed by atoms with van der Waals surface area (Å²) in [5.74, 6) is 0. The molecule has 5 heteroatoms. The van der Waals surface area contributed by atoms with E-state index in [-0.39, 0.29) is 11.2 Å². The summed E-state index contributed by atoms with van der Waals surface area (Å²) in [4.78, 5) is 6.78. The zero-order chi connectivity index (χ0) is 15.3. The molecule has 0 amide bonds. The van der Waals surface area contributed by atoms with Crippen molar-refractivity contribution >= 4 is 26.7 Å². The number of benzene rings is 1. The summed E-state index contributed by atoms with van der Waals surface area (Å²) < 4.78 is 7.30. The van der Waals surface area contributed by atoms with E-state index >= 15 is 0 Å². The van der Waals surface area contributed by atoms with Crippen molar-refractivity contribution in [3.8, 4) is 0 Å². The smallest absolute Gasteiger partial charge is 0.181 e. The monoisotopic (exact) mass is 305 g/mol. The number of nitrogens with two attached hydrogens (primary N) is 1. The third-order valence-corrected chi connectivity index (χ3v) is 4.48. The van der Waals surface area contributed by atoms with Gasteiger partial charge in [0, 0.05) is 19.6 Å². The second-order valence-electron chi connectivity index (χ2n) is 7.12. The van der Waals surface area contributed by atoms with Crippen LogP contribution >= 0.6 is 11.3 Å². The lowest BCUT2D eigenvalue weighted by atomic mass is 9.98. The highest BCUT2D eigenvalue weighted by molar-refractivity contribution is 7.22. The molecule has 3 rings (SSSR count). The predicted octanol–water partition coefficient (Wildman–Crippen LogP) is 3.27. The molecule has 0 unspecified atom stereocenters. The molecule has 21 heavy (non-hydrogen) atoms. The van der Waals surface area contributed by atoms with Gasteiger partial charge in [0.2, 0.25) is 0 Å². The van der Waals surface area contributed by atoms with E-state index in [1.807, 2.05) is 0 Å². The molecular weight excluding hydrogens is 282 g/mol. The lowest BCUT2D eigenvalue weighted by Gasteiger charge is -2.47. The average Bonchev–Trinajstić information content (AvgIpc) is 2.63. The molecule has 2 N–H and O–H groups in total. The Morgan fingerprint density at radius 2 is 1.90 bits per heavy atom. The first-order valence-corrected chi connectivity index (χ1v) is 8.12. The first-order chi connectivity index (χ1) is 9.72. The van der Waals surface area contributed by atoms with E-state index in [1.54, 1.807) is 11.3 Å². The number of thiazole rings is 1. The van der Waals surface area contributed by atoms with Gasteiger partial charge in [-0.3, -0.25) is 4.90 Å². The predicted molar refractivity (Wildman–Crippen MR) is 88.6 cm³/mol. The number of morpholine rings is 1. The van der Waals surface area contributed by atoms with Crippen LogP contribution in [0.2, 0.25) is 0 Å². The zero-order valence-electron chi connectivity index (χ0n) is 13.1. The van der Waals surface area contributed by atoms with Gasteiger partial charge in [-0.05, 0) is 45.4 Å². The molecule has 0 aliphatic carbocycles. The third-order valence-electron chi connectivity index (χ3n) is 3.64. The van der Waals surface area contributed by atoms with Crippen LogP contribution in [0, 0.1) is 0 Å². The van der Waals surface area contributed by atoms with E-state index in [4.69, 9.17) is 10.5 Å². The van der Waals surface area contributed by atoms with Gasteiger partial charge in [-0.25, -0.2) is 4.98 Å². The molecule has 0 radical (unpaired) electrons. The molecule has 0 spiro atoms. The average molecular weight is 305 g/mol. The highest BCUT2D eigenvalue weighted by Gasteiger charge is 2.37. The Bertz CT molecular complexity index is 647. The topological polar surface area (TPSA) is 51.4 Å². The third kappa shape index (κ3) is 3.36. The maximum absolute atomic E-state index is 6.14. The van der Waals surface area contributed by atoms with Crippen LogP contribution in [0.3, 0.4) is 0 Å². The lowest BCUT2D eigenvalue weighted by molar-refractivity contribution is -0.182. The van der Waals surface area contributed by atoms with Gasteiger partial charge in [-0.15, -0.1) is 0 Å². The number of fused-ring (bicyclic) bond motifs is 1. The van der Waals surface area contributed by atoms with Crippen LogP contribution in [0.25, 0.3) is 10.2 Å². The number of nitrogens with zero attached hydrogens (tertiary/aromatic N) is 2. The van der Waals surface area contributed by atoms with Crippen LogP contribution < -0.4 is 5.73 Å². The van der Waals surface area contributed by atoms with Crippen LogP contribution in [0.1, 0.15) is 33.3 Å². The second kappa shape index (κ2) is 4.93. The molecule has 0 bridgehead atoms. The van der Waals surface area contributed by atoms with Crippen LogP contribution in [0.15, 0.2) is 18.2 Å². The van der Waals surface area contributed by atoms with Gasteiger partial charge in [0.05, 0.1) is 21.4 Å². The van der Waals surface area contributed by atoms with E-state index in [0.717, 1.165) is 29.9 Å². The molecule has 1 aromatic carbocycles. The normalized spacial score (nSPS) is 21.7. The summed E-state index contributed by atoms with van der Waals surface area (Å²) in [6.07, 6.45) is 0. The number of nitrogen functional groups attached to an aromatic ring is 1. The van der Waals surface area contributed by atoms with Crippen molar-refractivity contribution in [2.45, 2.75) is 45.4 Å². The van der Waals surface area contributed by atoms with Crippen molar-refractivity contribution in [3.05, 3.63) is 23.8 Å². The molecule has 1 aliphatic heterocycles. The Hall–Kier alpha value is -1.17. The fourth-order valence-electron chi connectivity index (χ4n) is 3.40. The maximum atomic E-state index is 6.14.